The molecule has 0 bridgehead atoms. The van der Waals surface area contributed by atoms with Crippen molar-refractivity contribution in [2.24, 2.45) is 0 Å². The molecule has 4 rings (SSSR count). The molecule has 152 valence electrons. The molecule has 0 atom stereocenters. The summed E-state index contributed by atoms with van der Waals surface area (Å²) in [6.45, 7) is 7.38. The molecule has 29 heavy (non-hydrogen) atoms. The second-order valence-electron chi connectivity index (χ2n) is 7.62. The minimum Gasteiger partial charge on any atom is -0.357 e. The highest BCUT2D eigenvalue weighted by Crippen LogP contribution is 2.28. The number of fused-ring (bicyclic) bond motifs is 1. The van der Waals surface area contributed by atoms with Crippen molar-refractivity contribution in [2.75, 3.05) is 25.0 Å². The first-order chi connectivity index (χ1) is 14.0. The van der Waals surface area contributed by atoms with E-state index in [-0.39, 0.29) is 5.91 Å². The van der Waals surface area contributed by atoms with Crippen molar-refractivity contribution in [3.63, 3.8) is 0 Å². The molecule has 1 saturated heterocycles. The largest absolute Gasteiger partial charge is 0.357 e. The topological polar surface area (TPSA) is 54.3 Å². The Morgan fingerprint density at radius 3 is 2.69 bits per heavy atom. The summed E-state index contributed by atoms with van der Waals surface area (Å²) in [5.41, 5.74) is 3.58. The average molecular weight is 412 g/mol. The van der Waals surface area contributed by atoms with Crippen LogP contribution in [0, 0.1) is 6.92 Å². The Hall–Kier alpha value is -2.60. The molecule has 6 nitrogen and oxygen atoms in total. The van der Waals surface area contributed by atoms with Gasteiger partial charge in [0.1, 0.15) is 5.82 Å². The van der Waals surface area contributed by atoms with Gasteiger partial charge in [-0.25, -0.2) is 4.98 Å². The maximum Gasteiger partial charge on any atom is 0.254 e. The predicted octanol–water partition coefficient (Wildman–Crippen LogP) is 4.29. The van der Waals surface area contributed by atoms with Crippen molar-refractivity contribution in [3.05, 3.63) is 52.3 Å². The molecular formula is C22H26ClN5O. The highest BCUT2D eigenvalue weighted by Gasteiger charge is 2.22. The van der Waals surface area contributed by atoms with Crippen molar-refractivity contribution in [2.45, 2.75) is 39.8 Å². The van der Waals surface area contributed by atoms with Crippen LogP contribution in [0.1, 0.15) is 41.4 Å². The Balaban J connectivity index is 1.71. The molecule has 0 aliphatic carbocycles. The molecule has 0 N–H and O–H groups in total. The lowest BCUT2D eigenvalue weighted by molar-refractivity contribution is 0.0787. The van der Waals surface area contributed by atoms with Gasteiger partial charge in [0.15, 0.2) is 0 Å². The van der Waals surface area contributed by atoms with Gasteiger partial charge in [-0.3, -0.25) is 9.48 Å². The monoisotopic (exact) mass is 411 g/mol. The van der Waals surface area contributed by atoms with Gasteiger partial charge in [-0.15, -0.1) is 0 Å². The lowest BCUT2D eigenvalue weighted by atomic mass is 10.1. The zero-order valence-electron chi connectivity index (χ0n) is 17.2. The van der Waals surface area contributed by atoms with Crippen LogP contribution in [0.3, 0.4) is 0 Å². The van der Waals surface area contributed by atoms with E-state index in [1.165, 1.54) is 0 Å². The second kappa shape index (κ2) is 8.03. The molecule has 3 aromatic rings. The van der Waals surface area contributed by atoms with Crippen molar-refractivity contribution in [1.29, 1.82) is 0 Å². The zero-order valence-corrected chi connectivity index (χ0v) is 17.9. The summed E-state index contributed by atoms with van der Waals surface area (Å²) in [6.07, 6.45) is 4.16. The van der Waals surface area contributed by atoms with Crippen LogP contribution in [0.15, 0.2) is 30.5 Å². The normalized spacial score (nSPS) is 14.0. The highest BCUT2D eigenvalue weighted by atomic mass is 35.5. The summed E-state index contributed by atoms with van der Waals surface area (Å²) in [5, 5.41) is 5.78. The Kier molecular flexibility index (Phi) is 5.46. The van der Waals surface area contributed by atoms with E-state index in [4.69, 9.17) is 16.6 Å². The minimum atomic E-state index is -0.0382. The van der Waals surface area contributed by atoms with Gasteiger partial charge in [0.05, 0.1) is 17.3 Å². The van der Waals surface area contributed by atoms with Gasteiger partial charge in [0, 0.05) is 54.9 Å². The van der Waals surface area contributed by atoms with Crippen LogP contribution in [0.25, 0.3) is 10.9 Å². The van der Waals surface area contributed by atoms with E-state index in [2.05, 4.69) is 16.9 Å². The molecular weight excluding hydrogens is 386 g/mol. The number of pyridine rings is 1. The van der Waals surface area contributed by atoms with E-state index in [1.807, 2.05) is 49.1 Å². The summed E-state index contributed by atoms with van der Waals surface area (Å²) in [5.74, 6) is 0.827. The number of aromatic nitrogens is 3. The van der Waals surface area contributed by atoms with Gasteiger partial charge < -0.3 is 9.80 Å². The van der Waals surface area contributed by atoms with E-state index < -0.39 is 0 Å². The molecule has 0 unspecified atom stereocenters. The fourth-order valence-electron chi connectivity index (χ4n) is 3.96. The molecule has 1 aromatic carbocycles. The Labute approximate surface area is 176 Å². The lowest BCUT2D eigenvalue weighted by Crippen LogP contribution is -2.27. The quantitative estimate of drug-likeness (QED) is 0.628. The summed E-state index contributed by atoms with van der Waals surface area (Å²) < 4.78 is 1.95. The zero-order chi connectivity index (χ0) is 20.5. The Morgan fingerprint density at radius 1 is 1.24 bits per heavy atom. The predicted molar refractivity (Wildman–Crippen MR) is 117 cm³/mol. The third-order valence-corrected chi connectivity index (χ3v) is 5.91. The molecule has 1 fully saturated rings. The van der Waals surface area contributed by atoms with Crippen LogP contribution in [0.5, 0.6) is 0 Å². The van der Waals surface area contributed by atoms with E-state index in [9.17, 15) is 4.79 Å². The number of hydrogen-bond acceptors (Lipinski definition) is 4. The Morgan fingerprint density at radius 2 is 2.00 bits per heavy atom. The fourth-order valence-corrected chi connectivity index (χ4v) is 4.13. The molecule has 0 saturated carbocycles. The molecule has 1 aliphatic rings. The highest BCUT2D eigenvalue weighted by molar-refractivity contribution is 6.31. The number of aryl methyl sites for hydroxylation is 1. The number of anilines is 1. The minimum absolute atomic E-state index is 0.0382. The number of halogens is 1. The molecule has 1 aliphatic heterocycles. The summed E-state index contributed by atoms with van der Waals surface area (Å²) in [4.78, 5) is 22.2. The second-order valence-corrected chi connectivity index (χ2v) is 8.05. The fraction of sp³-hybridized carbons (Fsp3) is 0.409. The third kappa shape index (κ3) is 3.81. The maximum absolute atomic E-state index is 13.4. The van der Waals surface area contributed by atoms with Gasteiger partial charge in [-0.1, -0.05) is 11.6 Å². The Bertz CT molecular complexity index is 1050. The van der Waals surface area contributed by atoms with Gasteiger partial charge in [0.2, 0.25) is 0 Å². The van der Waals surface area contributed by atoms with E-state index in [0.717, 1.165) is 60.5 Å². The van der Waals surface area contributed by atoms with Gasteiger partial charge in [0.25, 0.3) is 5.91 Å². The van der Waals surface area contributed by atoms with E-state index in [0.29, 0.717) is 17.1 Å². The summed E-state index contributed by atoms with van der Waals surface area (Å²) >= 11 is 6.24. The first-order valence-electron chi connectivity index (χ1n) is 10.1. The standard InChI is InChI=1S/C22H26ClN5O/c1-4-28-15(2)16(13-24-28)14-26(3)22(29)19-12-21(27-9-5-6-10-27)25-20-8-7-17(23)11-18(19)20/h7-8,11-13H,4-6,9-10,14H2,1-3H3. The number of amides is 1. The summed E-state index contributed by atoms with van der Waals surface area (Å²) in [6, 6.07) is 7.47. The first kappa shape index (κ1) is 19.7. The molecule has 7 heteroatoms. The van der Waals surface area contributed by atoms with Crippen molar-refractivity contribution >= 4 is 34.2 Å². The number of nitrogens with zero attached hydrogens (tertiary/aromatic N) is 5. The molecule has 0 radical (unpaired) electrons. The van der Waals surface area contributed by atoms with Crippen LogP contribution in [0.4, 0.5) is 5.82 Å². The van der Waals surface area contributed by atoms with Crippen molar-refractivity contribution < 1.29 is 4.79 Å². The molecule has 0 spiro atoms. The first-order valence-corrected chi connectivity index (χ1v) is 10.5. The van der Waals surface area contributed by atoms with E-state index >= 15 is 0 Å². The number of carbonyl (C=O) groups excluding carboxylic acids is 1. The van der Waals surface area contributed by atoms with Crippen LogP contribution in [-0.4, -0.2) is 45.7 Å². The van der Waals surface area contributed by atoms with Gasteiger partial charge in [-0.05, 0) is 51.0 Å². The van der Waals surface area contributed by atoms with Crippen LogP contribution < -0.4 is 4.90 Å². The summed E-state index contributed by atoms with van der Waals surface area (Å²) in [7, 11) is 1.83. The third-order valence-electron chi connectivity index (χ3n) is 5.68. The van der Waals surface area contributed by atoms with Gasteiger partial charge >= 0.3 is 0 Å². The molecule has 2 aromatic heterocycles. The van der Waals surface area contributed by atoms with E-state index in [1.54, 1.807) is 4.90 Å². The van der Waals surface area contributed by atoms with Gasteiger partial charge in [-0.2, -0.15) is 5.10 Å². The van der Waals surface area contributed by atoms with Crippen molar-refractivity contribution in [3.8, 4) is 0 Å². The smallest absolute Gasteiger partial charge is 0.254 e. The number of carbonyl (C=O) groups is 1. The lowest BCUT2D eigenvalue weighted by Gasteiger charge is -2.21. The molecule has 3 heterocycles. The number of hydrogen-bond donors (Lipinski definition) is 0. The van der Waals surface area contributed by atoms with Crippen LogP contribution in [0.2, 0.25) is 5.02 Å². The van der Waals surface area contributed by atoms with Crippen molar-refractivity contribution in [1.82, 2.24) is 19.7 Å². The maximum atomic E-state index is 13.4. The number of rotatable bonds is 5. The van der Waals surface area contributed by atoms with Crippen LogP contribution >= 0.6 is 11.6 Å². The molecule has 1 amide bonds. The van der Waals surface area contributed by atoms with Crippen LogP contribution in [-0.2, 0) is 13.1 Å². The SMILES string of the molecule is CCn1ncc(CN(C)C(=O)c2cc(N3CCCC3)nc3ccc(Cl)cc23)c1C. The average Bonchev–Trinajstić information content (AvgIpc) is 3.37. The number of benzene rings is 1.